The molecule has 21 heavy (non-hydrogen) atoms. The molecule has 0 spiro atoms. The third-order valence-electron chi connectivity index (χ3n) is 3.94. The summed E-state index contributed by atoms with van der Waals surface area (Å²) in [6, 6.07) is 8.11. The highest BCUT2D eigenvalue weighted by atomic mass is 16.4. The topological polar surface area (TPSA) is 68.0 Å². The van der Waals surface area contributed by atoms with Gasteiger partial charge in [-0.25, -0.2) is 9.48 Å². The van der Waals surface area contributed by atoms with Gasteiger partial charge in [-0.15, -0.1) is 5.10 Å². The van der Waals surface area contributed by atoms with Gasteiger partial charge in [-0.3, -0.25) is 0 Å². The average Bonchev–Trinajstić information content (AvgIpc) is 3.18. The van der Waals surface area contributed by atoms with E-state index >= 15 is 0 Å². The molecule has 1 fully saturated rings. The van der Waals surface area contributed by atoms with Crippen LogP contribution >= 0.6 is 0 Å². The fraction of sp³-hybridized carbons (Fsp3) is 0.438. The van der Waals surface area contributed by atoms with Crippen LogP contribution in [0.25, 0.3) is 0 Å². The standard InChI is InChI=1S/C16H19N3O2/c1-11-3-2-4-13(9-11)10-14-15(16(20)21)17-18-19(14)8-7-12-5-6-12/h2-4,9,12H,5-8,10H2,1H3,(H,20,21). The molecule has 0 unspecified atom stereocenters. The van der Waals surface area contributed by atoms with E-state index in [0.717, 1.165) is 24.4 Å². The van der Waals surface area contributed by atoms with Crippen molar-refractivity contribution >= 4 is 5.97 Å². The fourth-order valence-electron chi connectivity index (χ4n) is 2.58. The molecule has 1 aliphatic carbocycles. The Kier molecular flexibility index (Phi) is 3.73. The number of aromatic nitrogens is 3. The summed E-state index contributed by atoms with van der Waals surface area (Å²) in [5.74, 6) is -0.218. The molecule has 0 atom stereocenters. The lowest BCUT2D eigenvalue weighted by Gasteiger charge is -2.07. The SMILES string of the molecule is Cc1cccc(Cc2c(C(=O)O)nnn2CCC2CC2)c1. The summed E-state index contributed by atoms with van der Waals surface area (Å²) in [6.07, 6.45) is 4.19. The summed E-state index contributed by atoms with van der Waals surface area (Å²) in [4.78, 5) is 11.3. The summed E-state index contributed by atoms with van der Waals surface area (Å²) in [5.41, 5.74) is 3.04. The van der Waals surface area contributed by atoms with Crippen molar-refractivity contribution in [3.05, 3.63) is 46.8 Å². The van der Waals surface area contributed by atoms with E-state index in [-0.39, 0.29) is 5.69 Å². The van der Waals surface area contributed by atoms with Crippen LogP contribution in [0.2, 0.25) is 0 Å². The largest absolute Gasteiger partial charge is 0.476 e. The Bertz CT molecular complexity index is 659. The van der Waals surface area contributed by atoms with Gasteiger partial charge in [0, 0.05) is 13.0 Å². The van der Waals surface area contributed by atoms with Crippen LogP contribution in [0.15, 0.2) is 24.3 Å². The third-order valence-corrected chi connectivity index (χ3v) is 3.94. The minimum absolute atomic E-state index is 0.0762. The maximum atomic E-state index is 11.3. The Morgan fingerprint density at radius 3 is 2.90 bits per heavy atom. The van der Waals surface area contributed by atoms with Gasteiger partial charge >= 0.3 is 5.97 Å². The number of aryl methyl sites for hydroxylation is 2. The van der Waals surface area contributed by atoms with Crippen LogP contribution in [-0.2, 0) is 13.0 Å². The smallest absolute Gasteiger partial charge is 0.358 e. The number of nitrogens with zero attached hydrogens (tertiary/aromatic N) is 3. The maximum absolute atomic E-state index is 11.3. The van der Waals surface area contributed by atoms with Gasteiger partial charge in [-0.05, 0) is 24.8 Å². The van der Waals surface area contributed by atoms with Crippen molar-refractivity contribution in [2.75, 3.05) is 0 Å². The van der Waals surface area contributed by atoms with Gasteiger partial charge in [0.15, 0.2) is 5.69 Å². The lowest BCUT2D eigenvalue weighted by molar-refractivity contribution is 0.0689. The molecule has 1 aliphatic rings. The molecule has 1 aromatic carbocycles. The molecule has 1 aromatic heterocycles. The second kappa shape index (κ2) is 5.68. The first-order valence-electron chi connectivity index (χ1n) is 7.34. The third kappa shape index (κ3) is 3.29. The van der Waals surface area contributed by atoms with E-state index < -0.39 is 5.97 Å². The normalized spacial score (nSPS) is 14.3. The second-order valence-electron chi connectivity index (χ2n) is 5.81. The van der Waals surface area contributed by atoms with Gasteiger partial charge in [0.25, 0.3) is 0 Å². The second-order valence-corrected chi connectivity index (χ2v) is 5.81. The van der Waals surface area contributed by atoms with Crippen LogP contribution in [0.5, 0.6) is 0 Å². The number of rotatable bonds is 6. The zero-order valence-corrected chi connectivity index (χ0v) is 12.1. The molecule has 0 amide bonds. The summed E-state index contributed by atoms with van der Waals surface area (Å²) in [6.45, 7) is 2.79. The molecule has 0 bridgehead atoms. The van der Waals surface area contributed by atoms with E-state index in [0.29, 0.717) is 12.1 Å². The van der Waals surface area contributed by atoms with Crippen molar-refractivity contribution in [1.29, 1.82) is 0 Å². The van der Waals surface area contributed by atoms with Crippen LogP contribution in [0, 0.1) is 12.8 Å². The number of hydrogen-bond acceptors (Lipinski definition) is 3. The number of carbonyl (C=O) groups is 1. The number of hydrogen-bond donors (Lipinski definition) is 1. The molecule has 3 rings (SSSR count). The summed E-state index contributed by atoms with van der Waals surface area (Å²) < 4.78 is 1.77. The molecule has 0 saturated heterocycles. The molecule has 5 nitrogen and oxygen atoms in total. The van der Waals surface area contributed by atoms with E-state index in [1.807, 2.05) is 25.1 Å². The van der Waals surface area contributed by atoms with Crippen LogP contribution in [0.4, 0.5) is 0 Å². The van der Waals surface area contributed by atoms with E-state index in [1.54, 1.807) is 4.68 Å². The van der Waals surface area contributed by atoms with Gasteiger partial charge in [0.2, 0.25) is 0 Å². The molecule has 5 heteroatoms. The first-order valence-corrected chi connectivity index (χ1v) is 7.34. The highest BCUT2D eigenvalue weighted by Crippen LogP contribution is 2.32. The van der Waals surface area contributed by atoms with E-state index in [9.17, 15) is 9.90 Å². The zero-order chi connectivity index (χ0) is 14.8. The van der Waals surface area contributed by atoms with E-state index in [2.05, 4.69) is 16.4 Å². The molecule has 1 N–H and O–H groups in total. The summed E-state index contributed by atoms with van der Waals surface area (Å²) in [7, 11) is 0. The van der Waals surface area contributed by atoms with Gasteiger partial charge in [0.05, 0.1) is 5.69 Å². The molecular weight excluding hydrogens is 266 g/mol. The molecule has 0 radical (unpaired) electrons. The Morgan fingerprint density at radius 1 is 1.43 bits per heavy atom. The van der Waals surface area contributed by atoms with Crippen LogP contribution in [0.3, 0.4) is 0 Å². The van der Waals surface area contributed by atoms with Crippen LogP contribution < -0.4 is 0 Å². The van der Waals surface area contributed by atoms with Crippen molar-refractivity contribution in [3.63, 3.8) is 0 Å². The monoisotopic (exact) mass is 285 g/mol. The van der Waals surface area contributed by atoms with Gasteiger partial charge in [-0.2, -0.15) is 0 Å². The molecule has 110 valence electrons. The summed E-state index contributed by atoms with van der Waals surface area (Å²) in [5, 5.41) is 17.2. The minimum Gasteiger partial charge on any atom is -0.476 e. The minimum atomic E-state index is -1.00. The van der Waals surface area contributed by atoms with Crippen LogP contribution in [-0.4, -0.2) is 26.1 Å². The lowest BCUT2D eigenvalue weighted by atomic mass is 10.1. The van der Waals surface area contributed by atoms with Gasteiger partial charge in [0.1, 0.15) is 0 Å². The van der Waals surface area contributed by atoms with Crippen molar-refractivity contribution in [1.82, 2.24) is 15.0 Å². The van der Waals surface area contributed by atoms with Gasteiger partial charge in [-0.1, -0.05) is 47.9 Å². The Morgan fingerprint density at radius 2 is 2.24 bits per heavy atom. The fourth-order valence-corrected chi connectivity index (χ4v) is 2.58. The molecule has 1 heterocycles. The predicted molar refractivity (Wildman–Crippen MR) is 78.3 cm³/mol. The molecular formula is C16H19N3O2. The molecule has 2 aromatic rings. The first-order chi connectivity index (χ1) is 10.1. The van der Waals surface area contributed by atoms with Crippen molar-refractivity contribution in [2.45, 2.75) is 39.2 Å². The van der Waals surface area contributed by atoms with Gasteiger partial charge < -0.3 is 5.11 Å². The zero-order valence-electron chi connectivity index (χ0n) is 12.1. The van der Waals surface area contributed by atoms with E-state index in [1.165, 1.54) is 18.4 Å². The highest BCUT2D eigenvalue weighted by Gasteiger charge is 2.23. The quantitative estimate of drug-likeness (QED) is 0.886. The number of carboxylic acids is 1. The lowest BCUT2D eigenvalue weighted by Crippen LogP contribution is -2.10. The number of aromatic carboxylic acids is 1. The van der Waals surface area contributed by atoms with Crippen LogP contribution in [0.1, 0.15) is 46.6 Å². The number of carboxylic acid groups (broad SMARTS) is 1. The Hall–Kier alpha value is -2.17. The van der Waals surface area contributed by atoms with E-state index in [4.69, 9.17) is 0 Å². The van der Waals surface area contributed by atoms with Crippen molar-refractivity contribution < 1.29 is 9.90 Å². The first kappa shape index (κ1) is 13.8. The average molecular weight is 285 g/mol. The van der Waals surface area contributed by atoms with Crippen molar-refractivity contribution in [2.24, 2.45) is 5.92 Å². The Labute approximate surface area is 123 Å². The number of benzene rings is 1. The maximum Gasteiger partial charge on any atom is 0.358 e. The molecule has 1 saturated carbocycles. The highest BCUT2D eigenvalue weighted by molar-refractivity contribution is 5.86. The Balaban J connectivity index is 1.85. The molecule has 0 aliphatic heterocycles. The van der Waals surface area contributed by atoms with Crippen molar-refractivity contribution in [3.8, 4) is 0 Å². The predicted octanol–water partition coefficient (Wildman–Crippen LogP) is 2.68. The summed E-state index contributed by atoms with van der Waals surface area (Å²) >= 11 is 0.